The number of anilines is 6. The number of aryl methyl sites for hydroxylation is 2. The first-order valence-corrected chi connectivity index (χ1v) is 38.9. The van der Waals surface area contributed by atoms with Gasteiger partial charge in [-0.15, -0.1) is 11.3 Å². The molecule has 0 aliphatic carbocycles. The SMILES string of the molecule is C=CC(=O)Nc1ccc(C(=O)N2CCC[C@@H](Nc3ncc(CCc4ncc(C(C)(C)C)o4)s3)C2)cc1.C=CC(=O)Nc1ccc(C(=O)N2CCC[C@@H](Nc3ncc(COCc4cccc(C(F)(F)F)c4)s3)C2)cc1.C=CC(=O)Nc1ccc(C(=O)N2CCC[C@@H](Nc3ncc(COCc4ncc(C(C)(C)C)o4)s3)C2)cc1. The van der Waals surface area contributed by atoms with Crippen molar-refractivity contribution < 1.29 is 60.2 Å². The van der Waals surface area contributed by atoms with E-state index in [1.807, 2.05) is 28.4 Å². The van der Waals surface area contributed by atoms with Crippen LogP contribution in [0.2, 0.25) is 0 Å². The van der Waals surface area contributed by atoms with Gasteiger partial charge in [-0.1, -0.05) is 96.1 Å². The number of nitrogens with zero attached hydrogens (tertiary/aromatic N) is 8. The molecule has 5 aromatic heterocycles. The van der Waals surface area contributed by atoms with Crippen LogP contribution in [0.25, 0.3) is 0 Å². The third kappa shape index (κ3) is 25.2. The molecule has 0 radical (unpaired) electrons. The molecule has 9 aromatic rings. The summed E-state index contributed by atoms with van der Waals surface area (Å²) in [5.41, 5.74) is 3.19. The summed E-state index contributed by atoms with van der Waals surface area (Å²) in [6.07, 6.45) is 15.2. The van der Waals surface area contributed by atoms with Crippen LogP contribution in [0.15, 0.2) is 175 Å². The van der Waals surface area contributed by atoms with Crippen molar-refractivity contribution in [1.82, 2.24) is 39.6 Å². The molecule has 0 unspecified atom stereocenters. The number of amides is 6. The minimum Gasteiger partial charge on any atom is -0.445 e. The summed E-state index contributed by atoms with van der Waals surface area (Å²) in [6, 6.07) is 26.0. The first-order valence-electron chi connectivity index (χ1n) is 36.5. The van der Waals surface area contributed by atoms with Crippen LogP contribution >= 0.6 is 34.0 Å². The smallest absolute Gasteiger partial charge is 0.416 e. The Morgan fingerprint density at radius 1 is 0.477 bits per heavy atom. The van der Waals surface area contributed by atoms with Crippen LogP contribution in [-0.4, -0.2) is 132 Å². The normalized spacial score (nSPS) is 15.8. The lowest BCUT2D eigenvalue weighted by Crippen LogP contribution is -2.45. The lowest BCUT2D eigenvalue weighted by atomic mass is 9.94. The van der Waals surface area contributed by atoms with Crippen molar-refractivity contribution in [1.29, 1.82) is 0 Å². The van der Waals surface area contributed by atoms with E-state index in [4.69, 9.17) is 18.3 Å². The van der Waals surface area contributed by atoms with Crippen LogP contribution in [0, 0.1) is 0 Å². The van der Waals surface area contributed by atoms with Crippen molar-refractivity contribution >= 4 is 102 Å². The number of halogens is 3. The van der Waals surface area contributed by atoms with Crippen molar-refractivity contribution in [2.24, 2.45) is 0 Å². The summed E-state index contributed by atoms with van der Waals surface area (Å²) in [6.45, 7) is 27.7. The van der Waals surface area contributed by atoms with E-state index in [9.17, 15) is 41.9 Å². The molecule has 12 rings (SSSR count). The van der Waals surface area contributed by atoms with Crippen molar-refractivity contribution in [3.8, 4) is 0 Å². The highest BCUT2D eigenvalue weighted by molar-refractivity contribution is 7.16. The maximum Gasteiger partial charge on any atom is 0.416 e. The molecule has 0 saturated carbocycles. The number of hydrogen-bond donors (Lipinski definition) is 6. The fourth-order valence-corrected chi connectivity index (χ4v) is 14.6. The number of ether oxygens (including phenoxy) is 2. The molecule has 3 saturated heterocycles. The summed E-state index contributed by atoms with van der Waals surface area (Å²) in [5.74, 6) is 2.05. The van der Waals surface area contributed by atoms with Gasteiger partial charge in [-0.3, -0.25) is 28.8 Å². The highest BCUT2D eigenvalue weighted by atomic mass is 32.1. The number of oxazole rings is 2. The van der Waals surface area contributed by atoms with Gasteiger partial charge in [0.05, 0.1) is 47.5 Å². The molecule has 3 aliphatic rings. The molecule has 6 amide bonds. The van der Waals surface area contributed by atoms with Gasteiger partial charge < -0.3 is 64.9 Å². The average molecular weight is 1580 g/mol. The number of thiazole rings is 3. The second-order valence-electron chi connectivity index (χ2n) is 28.8. The van der Waals surface area contributed by atoms with Crippen LogP contribution in [0.4, 0.5) is 45.6 Å². The van der Waals surface area contributed by atoms with E-state index in [1.165, 1.54) is 40.5 Å². The number of carbonyl (C=O) groups excluding carboxylic acids is 6. The molecule has 4 aromatic carbocycles. The van der Waals surface area contributed by atoms with Gasteiger partial charge in [-0.2, -0.15) is 13.2 Å². The number of likely N-dealkylation sites (tertiary alicyclic amines) is 3. The Balaban J connectivity index is 0.000000177. The van der Waals surface area contributed by atoms with Gasteiger partial charge in [0, 0.05) is 132 Å². The number of benzene rings is 4. The zero-order chi connectivity index (χ0) is 79.2. The summed E-state index contributed by atoms with van der Waals surface area (Å²) in [4.78, 5) is 104. The van der Waals surface area contributed by atoms with E-state index in [1.54, 1.807) is 119 Å². The quantitative estimate of drug-likeness (QED) is 0.0275. The van der Waals surface area contributed by atoms with E-state index in [2.05, 4.69) is 118 Å². The standard InChI is InChI=1S/C27H27F3N4O3S.C27H33N5O4S.C27H33N5O3S/c1-2-24(35)32-21-10-8-19(9-11-21)25(36)34-12-4-7-22(15-34)33-26-31-14-23(38-26)17-37-16-18-5-3-6-20(13-18)27(28,29)30;1-5-23(33)30-19-10-8-18(9-11-19)25(34)32-12-6-7-20(15-32)31-26-29-13-21(37-26)16-35-17-24-28-14-22(36-24)27(2,3)4;1-5-23(33)30-19-10-8-18(9-11-19)25(34)32-14-6-7-20(17-32)31-26-29-15-21(36-26)12-13-24-28-16-22(35-24)27(2,3)4/h2-3,5-6,8-11,13-14,22H,1,4,7,12,15-17H2,(H,31,33)(H,32,35);5,8-11,13-14,20H,1,6-7,12,15-17H2,2-4H3,(H,29,31)(H,30,33);5,8-11,15-16,20H,1,6-7,12-14,17H2,2-4H3,(H,29,31)(H,30,33)/t22-;2*20-/m111/s1. The number of carbonyl (C=O) groups is 6. The van der Waals surface area contributed by atoms with E-state index in [0.717, 1.165) is 107 Å². The maximum atomic E-state index is 13.0. The number of hydrogen-bond acceptors (Lipinski definition) is 21. The highest BCUT2D eigenvalue weighted by Gasteiger charge is 2.32. The van der Waals surface area contributed by atoms with E-state index in [-0.39, 0.29) is 77.6 Å². The van der Waals surface area contributed by atoms with Gasteiger partial charge in [-0.25, -0.2) is 24.9 Å². The zero-order valence-electron chi connectivity index (χ0n) is 63.0. The topological polar surface area (TPSA) is 294 Å². The van der Waals surface area contributed by atoms with Crippen molar-refractivity contribution in [3.63, 3.8) is 0 Å². The molecule has 586 valence electrons. The first-order chi connectivity index (χ1) is 53.1. The predicted molar refractivity (Wildman–Crippen MR) is 426 cm³/mol. The maximum absolute atomic E-state index is 13.0. The number of nitrogens with one attached hydrogen (secondary N) is 6. The Hall–Kier alpha value is -10.7. The second kappa shape index (κ2) is 38.8. The monoisotopic (exact) mass is 1570 g/mol. The van der Waals surface area contributed by atoms with E-state index < -0.39 is 11.7 Å². The molecule has 0 spiro atoms. The number of piperidine rings is 3. The van der Waals surface area contributed by atoms with Crippen molar-refractivity contribution in [3.05, 3.63) is 232 Å². The summed E-state index contributed by atoms with van der Waals surface area (Å²) in [7, 11) is 0. The lowest BCUT2D eigenvalue weighted by Gasteiger charge is -2.33. The highest BCUT2D eigenvalue weighted by Crippen LogP contribution is 2.33. The molecule has 3 aliphatic heterocycles. The van der Waals surface area contributed by atoms with Gasteiger partial charge in [0.1, 0.15) is 18.1 Å². The molecular formula is C81H93F3N14O10S3. The fourth-order valence-electron chi connectivity index (χ4n) is 12.0. The summed E-state index contributed by atoms with van der Waals surface area (Å²) < 4.78 is 61.7. The van der Waals surface area contributed by atoms with Gasteiger partial charge in [0.2, 0.25) is 23.6 Å². The molecule has 3 atom stereocenters. The largest absolute Gasteiger partial charge is 0.445 e. The Morgan fingerprint density at radius 2 is 0.847 bits per heavy atom. The Labute approximate surface area is 655 Å². The number of aromatic nitrogens is 5. The minimum atomic E-state index is -4.39. The predicted octanol–water partition coefficient (Wildman–Crippen LogP) is 15.8. The van der Waals surface area contributed by atoms with E-state index >= 15 is 0 Å². The van der Waals surface area contributed by atoms with Gasteiger partial charge in [0.25, 0.3) is 17.7 Å². The zero-order valence-corrected chi connectivity index (χ0v) is 65.4. The minimum absolute atomic E-state index is 0.0106. The van der Waals surface area contributed by atoms with Crippen molar-refractivity contribution in [2.75, 3.05) is 71.2 Å². The Bertz CT molecular complexity index is 4640. The number of alkyl halides is 3. The lowest BCUT2D eigenvalue weighted by molar-refractivity contribution is -0.137. The molecule has 3 fully saturated rings. The van der Waals surface area contributed by atoms with Gasteiger partial charge in [-0.05, 0) is 154 Å². The molecule has 111 heavy (non-hydrogen) atoms. The average Bonchev–Trinajstić information content (AvgIpc) is 0.989. The Morgan fingerprint density at radius 3 is 1.23 bits per heavy atom. The van der Waals surface area contributed by atoms with Crippen molar-refractivity contribution in [2.45, 2.75) is 154 Å². The Kier molecular flexibility index (Phi) is 29.0. The molecule has 0 bridgehead atoms. The number of rotatable bonds is 26. The van der Waals surface area contributed by atoms with Crippen LogP contribution in [0.1, 0.15) is 160 Å². The summed E-state index contributed by atoms with van der Waals surface area (Å²) >= 11 is 4.59. The molecular weight excluding hydrogens is 1480 g/mol. The second-order valence-corrected chi connectivity index (χ2v) is 32.2. The third-order valence-corrected chi connectivity index (χ3v) is 20.7. The van der Waals surface area contributed by atoms with Crippen LogP contribution in [0.3, 0.4) is 0 Å². The molecule has 24 nitrogen and oxygen atoms in total. The molecule has 30 heteroatoms. The van der Waals surface area contributed by atoms with Crippen LogP contribution in [-0.2, 0) is 80.1 Å². The summed E-state index contributed by atoms with van der Waals surface area (Å²) in [5, 5.41) is 20.8. The van der Waals surface area contributed by atoms with Gasteiger partial charge >= 0.3 is 6.18 Å². The van der Waals surface area contributed by atoms with Gasteiger partial charge in [0.15, 0.2) is 21.3 Å². The first kappa shape index (κ1) is 82.8. The van der Waals surface area contributed by atoms with Crippen LogP contribution < -0.4 is 31.9 Å². The van der Waals surface area contributed by atoms with Crippen LogP contribution in [0.5, 0.6) is 0 Å². The van der Waals surface area contributed by atoms with E-state index in [0.29, 0.717) is 96.3 Å². The molecule has 8 heterocycles. The molecule has 6 N–H and O–H groups in total. The fraction of sp³-hybridized carbons (Fsp3) is 0.370. The third-order valence-electron chi connectivity index (χ3n) is 17.9.